The van der Waals surface area contributed by atoms with Gasteiger partial charge < -0.3 is 10.2 Å². The third kappa shape index (κ3) is 4.23. The number of piperidine rings is 1. The minimum atomic E-state index is 0.744. The van der Waals surface area contributed by atoms with Gasteiger partial charge >= 0.3 is 0 Å². The van der Waals surface area contributed by atoms with Crippen molar-refractivity contribution in [2.75, 3.05) is 39.8 Å². The SMILES string of the molecule is CC1CN(C)CCN1CCCC1CCCCN1. The summed E-state index contributed by atoms with van der Waals surface area (Å²) >= 11 is 0. The fraction of sp³-hybridized carbons (Fsp3) is 1.00. The summed E-state index contributed by atoms with van der Waals surface area (Å²) < 4.78 is 0. The lowest BCUT2D eigenvalue weighted by molar-refractivity contribution is 0.0974. The molecule has 2 aliphatic rings. The van der Waals surface area contributed by atoms with Crippen molar-refractivity contribution in [3.63, 3.8) is 0 Å². The predicted octanol–water partition coefficient (Wildman–Crippen LogP) is 1.54. The Morgan fingerprint density at radius 3 is 2.82 bits per heavy atom. The van der Waals surface area contributed by atoms with Crippen LogP contribution in [0.5, 0.6) is 0 Å². The van der Waals surface area contributed by atoms with Crippen LogP contribution in [0.1, 0.15) is 39.0 Å². The molecular weight excluding hydrogens is 210 g/mol. The van der Waals surface area contributed by atoms with Crippen molar-refractivity contribution in [3.8, 4) is 0 Å². The van der Waals surface area contributed by atoms with Gasteiger partial charge in [-0.25, -0.2) is 0 Å². The van der Waals surface area contributed by atoms with Gasteiger partial charge in [0.15, 0.2) is 0 Å². The van der Waals surface area contributed by atoms with E-state index < -0.39 is 0 Å². The normalized spacial score (nSPS) is 32.8. The van der Waals surface area contributed by atoms with Gasteiger partial charge in [-0.05, 0) is 52.7 Å². The fourth-order valence-electron chi connectivity index (χ4n) is 3.22. The standard InChI is InChI=1S/C14H29N3/c1-13-12-16(2)10-11-17(13)9-5-7-14-6-3-4-8-15-14/h13-15H,3-12H2,1-2H3. The first-order chi connectivity index (χ1) is 8.25. The van der Waals surface area contributed by atoms with Crippen LogP contribution in [-0.2, 0) is 0 Å². The average Bonchev–Trinajstić information content (AvgIpc) is 2.33. The van der Waals surface area contributed by atoms with E-state index in [-0.39, 0.29) is 0 Å². The van der Waals surface area contributed by atoms with Crippen molar-refractivity contribution in [3.05, 3.63) is 0 Å². The van der Waals surface area contributed by atoms with Crippen LogP contribution in [0.25, 0.3) is 0 Å². The van der Waals surface area contributed by atoms with E-state index in [0.29, 0.717) is 0 Å². The lowest BCUT2D eigenvalue weighted by atomic mass is 10.0. The Morgan fingerprint density at radius 2 is 2.12 bits per heavy atom. The first kappa shape index (κ1) is 13.3. The third-order valence-corrected chi connectivity index (χ3v) is 4.38. The Morgan fingerprint density at radius 1 is 1.24 bits per heavy atom. The summed E-state index contributed by atoms with van der Waals surface area (Å²) in [6.45, 7) is 8.65. The molecule has 2 fully saturated rings. The molecular formula is C14H29N3. The van der Waals surface area contributed by atoms with Crippen molar-refractivity contribution in [1.82, 2.24) is 15.1 Å². The van der Waals surface area contributed by atoms with Crippen LogP contribution < -0.4 is 5.32 Å². The smallest absolute Gasteiger partial charge is 0.0195 e. The maximum atomic E-state index is 3.65. The largest absolute Gasteiger partial charge is 0.314 e. The molecule has 2 unspecified atom stereocenters. The van der Waals surface area contributed by atoms with Crippen molar-refractivity contribution < 1.29 is 0 Å². The van der Waals surface area contributed by atoms with Gasteiger partial charge in [0.05, 0.1) is 0 Å². The monoisotopic (exact) mass is 239 g/mol. The fourth-order valence-corrected chi connectivity index (χ4v) is 3.22. The van der Waals surface area contributed by atoms with E-state index in [1.807, 2.05) is 0 Å². The van der Waals surface area contributed by atoms with Gasteiger partial charge in [-0.1, -0.05) is 6.42 Å². The van der Waals surface area contributed by atoms with Crippen molar-refractivity contribution >= 4 is 0 Å². The Balaban J connectivity index is 1.61. The Kier molecular flexibility index (Phi) is 5.26. The molecule has 2 atom stereocenters. The molecule has 17 heavy (non-hydrogen) atoms. The molecule has 0 radical (unpaired) electrons. The first-order valence-corrected chi connectivity index (χ1v) is 7.41. The summed E-state index contributed by atoms with van der Waals surface area (Å²) in [5, 5.41) is 3.65. The summed E-state index contributed by atoms with van der Waals surface area (Å²) in [5.74, 6) is 0. The molecule has 0 spiro atoms. The number of nitrogens with zero attached hydrogens (tertiary/aromatic N) is 2. The summed E-state index contributed by atoms with van der Waals surface area (Å²) in [5.41, 5.74) is 0. The zero-order chi connectivity index (χ0) is 12.1. The lowest BCUT2D eigenvalue weighted by Gasteiger charge is -2.38. The average molecular weight is 239 g/mol. The zero-order valence-corrected chi connectivity index (χ0v) is 11.6. The molecule has 0 aromatic heterocycles. The number of nitrogens with one attached hydrogen (secondary N) is 1. The minimum Gasteiger partial charge on any atom is -0.314 e. The molecule has 0 aromatic carbocycles. The molecule has 2 aliphatic heterocycles. The van der Waals surface area contributed by atoms with Crippen molar-refractivity contribution in [1.29, 1.82) is 0 Å². The number of piperazine rings is 1. The Hall–Kier alpha value is -0.120. The first-order valence-electron chi connectivity index (χ1n) is 7.41. The highest BCUT2D eigenvalue weighted by atomic mass is 15.3. The molecule has 3 heteroatoms. The number of rotatable bonds is 4. The Labute approximate surface area is 107 Å². The Bertz CT molecular complexity index is 214. The lowest BCUT2D eigenvalue weighted by Crippen LogP contribution is -2.50. The van der Waals surface area contributed by atoms with E-state index >= 15 is 0 Å². The zero-order valence-electron chi connectivity index (χ0n) is 11.6. The maximum Gasteiger partial charge on any atom is 0.0195 e. The molecule has 2 saturated heterocycles. The maximum absolute atomic E-state index is 3.65. The van der Waals surface area contributed by atoms with E-state index in [4.69, 9.17) is 0 Å². The number of likely N-dealkylation sites (N-methyl/N-ethyl adjacent to an activating group) is 1. The second-order valence-corrected chi connectivity index (χ2v) is 5.94. The van der Waals surface area contributed by atoms with E-state index in [1.165, 1.54) is 64.8 Å². The quantitative estimate of drug-likeness (QED) is 0.803. The second kappa shape index (κ2) is 6.72. The van der Waals surface area contributed by atoms with Crippen molar-refractivity contribution in [2.45, 2.75) is 51.1 Å². The van der Waals surface area contributed by atoms with Crippen LogP contribution in [-0.4, -0.2) is 61.7 Å². The number of hydrogen-bond donors (Lipinski definition) is 1. The third-order valence-electron chi connectivity index (χ3n) is 4.38. The minimum absolute atomic E-state index is 0.744. The molecule has 2 rings (SSSR count). The van der Waals surface area contributed by atoms with Crippen LogP contribution in [0.4, 0.5) is 0 Å². The van der Waals surface area contributed by atoms with Gasteiger partial charge in [-0.15, -0.1) is 0 Å². The molecule has 0 saturated carbocycles. The molecule has 100 valence electrons. The second-order valence-electron chi connectivity index (χ2n) is 5.94. The molecule has 0 bridgehead atoms. The highest BCUT2D eigenvalue weighted by molar-refractivity contribution is 4.78. The molecule has 0 aromatic rings. The van der Waals surface area contributed by atoms with Crippen molar-refractivity contribution in [2.24, 2.45) is 0 Å². The topological polar surface area (TPSA) is 18.5 Å². The highest BCUT2D eigenvalue weighted by Crippen LogP contribution is 2.14. The van der Waals surface area contributed by atoms with Crippen LogP contribution in [0, 0.1) is 0 Å². The number of hydrogen-bond acceptors (Lipinski definition) is 3. The van der Waals surface area contributed by atoms with E-state index in [9.17, 15) is 0 Å². The van der Waals surface area contributed by atoms with E-state index in [1.54, 1.807) is 0 Å². The highest BCUT2D eigenvalue weighted by Gasteiger charge is 2.21. The summed E-state index contributed by atoms with van der Waals surface area (Å²) in [6.07, 6.45) is 6.96. The summed E-state index contributed by atoms with van der Waals surface area (Å²) in [4.78, 5) is 5.12. The van der Waals surface area contributed by atoms with Gasteiger partial charge in [-0.3, -0.25) is 4.90 Å². The van der Waals surface area contributed by atoms with E-state index in [0.717, 1.165) is 12.1 Å². The van der Waals surface area contributed by atoms with Crippen LogP contribution in [0.2, 0.25) is 0 Å². The van der Waals surface area contributed by atoms with Crippen LogP contribution in [0.3, 0.4) is 0 Å². The van der Waals surface area contributed by atoms with Gasteiger partial charge in [-0.2, -0.15) is 0 Å². The molecule has 2 heterocycles. The molecule has 0 aliphatic carbocycles. The van der Waals surface area contributed by atoms with Gasteiger partial charge in [0.1, 0.15) is 0 Å². The van der Waals surface area contributed by atoms with Crippen LogP contribution >= 0.6 is 0 Å². The molecule has 0 amide bonds. The van der Waals surface area contributed by atoms with Gasteiger partial charge in [0, 0.05) is 31.7 Å². The summed E-state index contributed by atoms with van der Waals surface area (Å²) in [6, 6.07) is 1.56. The van der Waals surface area contributed by atoms with Gasteiger partial charge in [0.25, 0.3) is 0 Å². The molecule has 3 nitrogen and oxygen atoms in total. The van der Waals surface area contributed by atoms with Crippen LogP contribution in [0.15, 0.2) is 0 Å². The van der Waals surface area contributed by atoms with E-state index in [2.05, 4.69) is 29.1 Å². The molecule has 1 N–H and O–H groups in total. The predicted molar refractivity (Wildman–Crippen MR) is 73.4 cm³/mol. The summed E-state index contributed by atoms with van der Waals surface area (Å²) in [7, 11) is 2.24. The van der Waals surface area contributed by atoms with Gasteiger partial charge in [0.2, 0.25) is 0 Å².